The lowest BCUT2D eigenvalue weighted by Gasteiger charge is -1.94. The molecule has 0 bridgehead atoms. The quantitative estimate of drug-likeness (QED) is 0.584. The number of carbonyl (C=O) groups is 1. The van der Waals surface area contributed by atoms with Gasteiger partial charge < -0.3 is 0 Å². The molecule has 94 valence electrons. The van der Waals surface area contributed by atoms with Crippen molar-refractivity contribution in [3.05, 3.63) is 46.0 Å². The van der Waals surface area contributed by atoms with Gasteiger partial charge in [0.05, 0.1) is 0 Å². The van der Waals surface area contributed by atoms with Gasteiger partial charge in [0, 0.05) is 24.2 Å². The van der Waals surface area contributed by atoms with E-state index in [2.05, 4.69) is 0 Å². The van der Waals surface area contributed by atoms with Gasteiger partial charge in [0.25, 0.3) is 0 Å². The Balaban J connectivity index is 0.000000366. The van der Waals surface area contributed by atoms with E-state index >= 15 is 0 Å². The van der Waals surface area contributed by atoms with Crippen LogP contribution in [0.1, 0.15) is 32.3 Å². The number of nitro groups is 1. The van der Waals surface area contributed by atoms with E-state index in [1.807, 2.05) is 44.2 Å². The van der Waals surface area contributed by atoms with Crippen molar-refractivity contribution >= 4 is 5.78 Å². The van der Waals surface area contributed by atoms with Crippen LogP contribution in [0.15, 0.2) is 30.3 Å². The molecule has 0 aliphatic rings. The summed E-state index contributed by atoms with van der Waals surface area (Å²) in [5, 5.41) is 9.98. The zero-order valence-corrected chi connectivity index (χ0v) is 10.4. The lowest BCUT2D eigenvalue weighted by atomic mass is 10.2. The maximum atomic E-state index is 10.2. The average molecular weight is 237 g/mol. The second kappa shape index (κ2) is 9.51. The third-order valence-corrected chi connectivity index (χ3v) is 2.21. The summed E-state index contributed by atoms with van der Waals surface area (Å²) >= 11 is 0. The highest BCUT2D eigenvalue weighted by molar-refractivity contribution is 5.77. The van der Waals surface area contributed by atoms with Crippen molar-refractivity contribution in [1.82, 2.24) is 0 Å². The molecule has 0 fully saturated rings. The van der Waals surface area contributed by atoms with Crippen molar-refractivity contribution in [3.63, 3.8) is 0 Å². The molecule has 0 heterocycles. The zero-order chi connectivity index (χ0) is 13.1. The molecule has 0 saturated carbocycles. The Morgan fingerprint density at radius 1 is 1.18 bits per heavy atom. The monoisotopic (exact) mass is 237 g/mol. The van der Waals surface area contributed by atoms with E-state index in [9.17, 15) is 14.9 Å². The fourth-order valence-electron chi connectivity index (χ4n) is 1.12. The minimum absolute atomic E-state index is 0.0179. The second-order valence-corrected chi connectivity index (χ2v) is 3.54. The minimum atomic E-state index is -0.299. The van der Waals surface area contributed by atoms with E-state index in [-0.39, 0.29) is 11.5 Å². The van der Waals surface area contributed by atoms with Gasteiger partial charge >= 0.3 is 0 Å². The van der Waals surface area contributed by atoms with Crippen LogP contribution in [-0.2, 0) is 11.2 Å². The highest BCUT2D eigenvalue weighted by Crippen LogP contribution is 1.98. The van der Waals surface area contributed by atoms with E-state index in [0.717, 1.165) is 5.56 Å². The molecular formula is C13H19NO3. The number of benzene rings is 1. The molecule has 0 amide bonds. The van der Waals surface area contributed by atoms with Gasteiger partial charge in [0.1, 0.15) is 5.78 Å². The average Bonchev–Trinajstić information content (AvgIpc) is 2.37. The lowest BCUT2D eigenvalue weighted by molar-refractivity contribution is -0.479. The molecule has 0 atom stereocenters. The summed E-state index contributed by atoms with van der Waals surface area (Å²) in [6.45, 7) is 3.78. The molecule has 17 heavy (non-hydrogen) atoms. The third-order valence-electron chi connectivity index (χ3n) is 2.21. The van der Waals surface area contributed by atoms with Crippen molar-refractivity contribution in [2.45, 2.75) is 33.1 Å². The third kappa shape index (κ3) is 9.23. The first-order chi connectivity index (χ1) is 8.10. The molecule has 1 rings (SSSR count). The molecule has 4 nitrogen and oxygen atoms in total. The normalized spacial score (nSPS) is 9.06. The van der Waals surface area contributed by atoms with Gasteiger partial charge in [-0.05, 0) is 5.56 Å². The Labute approximate surface area is 102 Å². The van der Waals surface area contributed by atoms with Crippen LogP contribution in [0.5, 0.6) is 0 Å². The van der Waals surface area contributed by atoms with Crippen molar-refractivity contribution < 1.29 is 9.72 Å². The van der Waals surface area contributed by atoms with Gasteiger partial charge in [-0.2, -0.15) is 0 Å². The summed E-state index contributed by atoms with van der Waals surface area (Å²) in [5.74, 6) is 0.343. The second-order valence-electron chi connectivity index (χ2n) is 3.54. The fourth-order valence-corrected chi connectivity index (χ4v) is 1.12. The molecule has 0 aromatic heterocycles. The highest BCUT2D eigenvalue weighted by Gasteiger charge is 1.97. The topological polar surface area (TPSA) is 60.2 Å². The molecule has 1 aromatic rings. The molecule has 0 unspecified atom stereocenters. The van der Waals surface area contributed by atoms with Gasteiger partial charge in [-0.3, -0.25) is 14.9 Å². The molecular weight excluding hydrogens is 218 g/mol. The van der Waals surface area contributed by atoms with Crippen LogP contribution in [0.3, 0.4) is 0 Å². The molecule has 0 aliphatic heterocycles. The fraction of sp³-hybridized carbons (Fsp3) is 0.462. The Morgan fingerprint density at radius 2 is 1.71 bits per heavy atom. The molecule has 0 radical (unpaired) electrons. The van der Waals surface area contributed by atoms with Crippen molar-refractivity contribution in [1.29, 1.82) is 0 Å². The Bertz CT molecular complexity index is 330. The van der Waals surface area contributed by atoms with Gasteiger partial charge in [-0.1, -0.05) is 44.2 Å². The van der Waals surface area contributed by atoms with Crippen LogP contribution in [0, 0.1) is 10.1 Å². The lowest BCUT2D eigenvalue weighted by Crippen LogP contribution is -2.03. The standard InChI is InChI=1S/C8H9NO2.C5H10O/c10-9(11)7-6-8-4-2-1-3-5-8;1-3-5(6)4-2/h1-5H,6-7H2;3-4H2,1-2H3. The van der Waals surface area contributed by atoms with E-state index in [4.69, 9.17) is 0 Å². The summed E-state index contributed by atoms with van der Waals surface area (Å²) < 4.78 is 0. The van der Waals surface area contributed by atoms with Crippen LogP contribution in [0.4, 0.5) is 0 Å². The Morgan fingerprint density at radius 3 is 2.06 bits per heavy atom. The van der Waals surface area contributed by atoms with Gasteiger partial charge in [0.2, 0.25) is 6.54 Å². The summed E-state index contributed by atoms with van der Waals surface area (Å²) in [4.78, 5) is 19.9. The summed E-state index contributed by atoms with van der Waals surface area (Å²) in [6, 6.07) is 9.45. The molecule has 0 saturated heterocycles. The maximum Gasteiger partial charge on any atom is 0.207 e. The smallest absolute Gasteiger partial charge is 0.207 e. The van der Waals surface area contributed by atoms with E-state index in [1.165, 1.54) is 0 Å². The maximum absolute atomic E-state index is 10.2. The number of nitrogens with zero attached hydrogens (tertiary/aromatic N) is 1. The number of carbonyl (C=O) groups excluding carboxylic acids is 1. The van der Waals surface area contributed by atoms with Crippen LogP contribution < -0.4 is 0 Å². The van der Waals surface area contributed by atoms with Gasteiger partial charge in [0.15, 0.2) is 0 Å². The van der Waals surface area contributed by atoms with Crippen molar-refractivity contribution in [3.8, 4) is 0 Å². The number of ketones is 1. The van der Waals surface area contributed by atoms with Crippen molar-refractivity contribution in [2.24, 2.45) is 0 Å². The Kier molecular flexibility index (Phi) is 8.55. The molecule has 0 aliphatic carbocycles. The van der Waals surface area contributed by atoms with E-state index < -0.39 is 0 Å². The summed E-state index contributed by atoms with van der Waals surface area (Å²) in [6.07, 6.45) is 1.90. The summed E-state index contributed by atoms with van der Waals surface area (Å²) in [7, 11) is 0. The number of hydrogen-bond acceptors (Lipinski definition) is 3. The van der Waals surface area contributed by atoms with Crippen LogP contribution in [0.2, 0.25) is 0 Å². The number of rotatable bonds is 5. The first-order valence-electron chi connectivity index (χ1n) is 5.77. The molecule has 4 heteroatoms. The summed E-state index contributed by atoms with van der Waals surface area (Å²) in [5.41, 5.74) is 1.02. The van der Waals surface area contributed by atoms with Crippen LogP contribution in [-0.4, -0.2) is 17.3 Å². The van der Waals surface area contributed by atoms with E-state index in [0.29, 0.717) is 25.0 Å². The SMILES string of the molecule is CCC(=O)CC.O=[N+]([O-])CCc1ccccc1. The highest BCUT2D eigenvalue weighted by atomic mass is 16.6. The predicted molar refractivity (Wildman–Crippen MR) is 67.6 cm³/mol. The van der Waals surface area contributed by atoms with Crippen LogP contribution in [0.25, 0.3) is 0 Å². The number of hydrogen-bond donors (Lipinski definition) is 0. The molecule has 0 N–H and O–H groups in total. The largest absolute Gasteiger partial charge is 0.300 e. The molecule has 0 spiro atoms. The first-order valence-corrected chi connectivity index (χ1v) is 5.77. The predicted octanol–water partition coefficient (Wildman–Crippen LogP) is 2.88. The van der Waals surface area contributed by atoms with Gasteiger partial charge in [-0.15, -0.1) is 0 Å². The Hall–Kier alpha value is -1.71. The number of Topliss-reactive ketones (excluding diaryl/α,β-unsaturated/α-hetero) is 1. The van der Waals surface area contributed by atoms with E-state index in [1.54, 1.807) is 0 Å². The first kappa shape index (κ1) is 15.3. The minimum Gasteiger partial charge on any atom is -0.300 e. The van der Waals surface area contributed by atoms with Crippen LogP contribution >= 0.6 is 0 Å². The molecule has 1 aromatic carbocycles. The zero-order valence-electron chi connectivity index (χ0n) is 10.4. The van der Waals surface area contributed by atoms with Gasteiger partial charge in [-0.25, -0.2) is 0 Å². The van der Waals surface area contributed by atoms with Crippen molar-refractivity contribution in [2.75, 3.05) is 6.54 Å².